The van der Waals surface area contributed by atoms with E-state index in [0.29, 0.717) is 18.7 Å². The molecule has 1 aromatic carbocycles. The number of aryl methyl sites for hydroxylation is 1. The first-order chi connectivity index (χ1) is 13.6. The van der Waals surface area contributed by atoms with Gasteiger partial charge in [0.1, 0.15) is 5.82 Å². The number of aromatic amines is 1. The first-order valence-electron chi connectivity index (χ1n) is 9.66. The zero-order valence-electron chi connectivity index (χ0n) is 16.0. The maximum atomic E-state index is 14.0. The first kappa shape index (κ1) is 18.6. The Kier molecular flexibility index (Phi) is 5.39. The lowest BCUT2D eigenvalue weighted by Gasteiger charge is -2.33. The molecular weight excluding hydrogens is 357 g/mol. The van der Waals surface area contributed by atoms with E-state index in [9.17, 15) is 9.18 Å². The van der Waals surface area contributed by atoms with Gasteiger partial charge in [-0.25, -0.2) is 4.39 Å². The second-order valence-electron chi connectivity index (χ2n) is 7.34. The van der Waals surface area contributed by atoms with Gasteiger partial charge in [0.2, 0.25) is 5.91 Å². The highest BCUT2D eigenvalue weighted by Gasteiger charge is 2.25. The Morgan fingerprint density at radius 2 is 2.25 bits per heavy atom. The van der Waals surface area contributed by atoms with E-state index in [-0.39, 0.29) is 24.2 Å². The molecule has 1 aliphatic heterocycles. The number of aromatic nitrogens is 2. The Bertz CT molecular complexity index is 971. The van der Waals surface area contributed by atoms with E-state index in [1.54, 1.807) is 18.5 Å². The van der Waals surface area contributed by atoms with Gasteiger partial charge in [-0.15, -0.1) is 0 Å². The molecule has 0 bridgehead atoms. The van der Waals surface area contributed by atoms with E-state index < -0.39 is 0 Å². The zero-order valence-corrected chi connectivity index (χ0v) is 16.0. The van der Waals surface area contributed by atoms with Crippen LogP contribution in [-0.4, -0.2) is 40.0 Å². The van der Waals surface area contributed by atoms with Crippen LogP contribution in [0.15, 0.2) is 42.7 Å². The van der Waals surface area contributed by atoms with Crippen LogP contribution < -0.4 is 0 Å². The fraction of sp³-hybridized carbons (Fsp3) is 0.364. The summed E-state index contributed by atoms with van der Waals surface area (Å²) in [5, 5.41) is 0.784. The van der Waals surface area contributed by atoms with Crippen molar-refractivity contribution in [1.29, 1.82) is 0 Å². The van der Waals surface area contributed by atoms with Gasteiger partial charge in [-0.3, -0.25) is 9.78 Å². The molecule has 0 saturated carbocycles. The van der Waals surface area contributed by atoms with E-state index in [1.807, 2.05) is 30.0 Å². The van der Waals surface area contributed by atoms with Gasteiger partial charge in [0.05, 0.1) is 24.6 Å². The summed E-state index contributed by atoms with van der Waals surface area (Å²) in [5.74, 6) is -0.232. The van der Waals surface area contributed by atoms with Crippen LogP contribution in [0.25, 0.3) is 10.9 Å². The molecule has 1 atom stereocenters. The van der Waals surface area contributed by atoms with E-state index in [1.165, 1.54) is 6.07 Å². The monoisotopic (exact) mass is 381 g/mol. The second-order valence-corrected chi connectivity index (χ2v) is 7.34. The Morgan fingerprint density at radius 3 is 3.07 bits per heavy atom. The maximum Gasteiger partial charge on any atom is 0.227 e. The van der Waals surface area contributed by atoms with Crippen LogP contribution in [0.2, 0.25) is 0 Å². The number of H-pyrrole nitrogens is 1. The number of rotatable bonds is 5. The minimum atomic E-state index is -0.291. The molecule has 3 heterocycles. The van der Waals surface area contributed by atoms with Gasteiger partial charge >= 0.3 is 0 Å². The Labute approximate surface area is 163 Å². The number of amides is 1. The largest absolute Gasteiger partial charge is 0.372 e. The van der Waals surface area contributed by atoms with Gasteiger partial charge in [0.15, 0.2) is 0 Å². The number of ether oxygens (including phenoxy) is 1. The summed E-state index contributed by atoms with van der Waals surface area (Å²) in [4.78, 5) is 22.0. The first-order valence-corrected chi connectivity index (χ1v) is 9.66. The molecule has 5 nitrogen and oxygen atoms in total. The molecule has 146 valence electrons. The summed E-state index contributed by atoms with van der Waals surface area (Å²) in [6.07, 6.45) is 5.70. The third kappa shape index (κ3) is 3.92. The number of nitrogens with zero attached hydrogens (tertiary/aromatic N) is 2. The highest BCUT2D eigenvalue weighted by Crippen LogP contribution is 2.26. The number of carbonyl (C=O) groups is 1. The van der Waals surface area contributed by atoms with Crippen LogP contribution in [0, 0.1) is 12.7 Å². The normalized spacial score (nSPS) is 17.2. The quantitative estimate of drug-likeness (QED) is 0.732. The average molecular weight is 381 g/mol. The number of para-hydroxylation sites is 1. The smallest absolute Gasteiger partial charge is 0.227 e. The van der Waals surface area contributed by atoms with Crippen LogP contribution >= 0.6 is 0 Å². The van der Waals surface area contributed by atoms with Crippen molar-refractivity contribution in [2.45, 2.75) is 38.9 Å². The number of pyridine rings is 1. The predicted octanol–water partition coefficient (Wildman–Crippen LogP) is 3.76. The van der Waals surface area contributed by atoms with Crippen LogP contribution in [-0.2, 0) is 22.6 Å². The summed E-state index contributed by atoms with van der Waals surface area (Å²) in [6.45, 7) is 3.72. The topological polar surface area (TPSA) is 58.2 Å². The molecule has 3 aromatic rings. The van der Waals surface area contributed by atoms with Gasteiger partial charge in [0, 0.05) is 36.6 Å². The van der Waals surface area contributed by atoms with Gasteiger partial charge in [-0.05, 0) is 43.0 Å². The number of hydrogen-bond donors (Lipinski definition) is 1. The molecular formula is C22H24FN3O2. The lowest BCUT2D eigenvalue weighted by Crippen LogP contribution is -2.43. The standard InChI is InChI=1S/C22H24FN3O2/c1-15-19(18-7-2-8-20(23)22(18)25-15)11-21(27)26-10-4-6-17(13-26)28-14-16-5-3-9-24-12-16/h2-3,5,7-9,12,17,25H,4,6,10-11,13-14H2,1H3/t17-/m0/s1. The van der Waals surface area contributed by atoms with E-state index >= 15 is 0 Å². The SMILES string of the molecule is Cc1[nH]c2c(F)cccc2c1CC(=O)N1CCC[C@H](OCc2cccnc2)C1. The highest BCUT2D eigenvalue weighted by molar-refractivity contribution is 5.90. The van der Waals surface area contributed by atoms with E-state index in [2.05, 4.69) is 9.97 Å². The fourth-order valence-electron chi connectivity index (χ4n) is 3.86. The molecule has 6 heteroatoms. The van der Waals surface area contributed by atoms with Crippen molar-refractivity contribution in [2.75, 3.05) is 13.1 Å². The molecule has 0 aliphatic carbocycles. The van der Waals surface area contributed by atoms with Crippen molar-refractivity contribution in [3.05, 3.63) is 65.4 Å². The summed E-state index contributed by atoms with van der Waals surface area (Å²) >= 11 is 0. The van der Waals surface area contributed by atoms with Gasteiger partial charge in [0.25, 0.3) is 0 Å². The Balaban J connectivity index is 1.41. The van der Waals surface area contributed by atoms with Gasteiger partial charge in [-0.1, -0.05) is 18.2 Å². The van der Waals surface area contributed by atoms with Crippen molar-refractivity contribution in [3.63, 3.8) is 0 Å². The minimum Gasteiger partial charge on any atom is -0.372 e. The lowest BCUT2D eigenvalue weighted by atomic mass is 10.0. The number of hydrogen-bond acceptors (Lipinski definition) is 3. The summed E-state index contributed by atoms with van der Waals surface area (Å²) < 4.78 is 20.0. The zero-order chi connectivity index (χ0) is 19.5. The number of likely N-dealkylation sites (tertiary alicyclic amines) is 1. The molecule has 0 radical (unpaired) electrons. The number of benzene rings is 1. The summed E-state index contributed by atoms with van der Waals surface area (Å²) in [6, 6.07) is 8.85. The molecule has 2 aromatic heterocycles. The second kappa shape index (κ2) is 8.10. The Morgan fingerprint density at radius 1 is 1.36 bits per heavy atom. The van der Waals surface area contributed by atoms with Crippen LogP contribution in [0.1, 0.15) is 29.7 Å². The highest BCUT2D eigenvalue weighted by atomic mass is 19.1. The van der Waals surface area contributed by atoms with Crippen LogP contribution in [0.5, 0.6) is 0 Å². The van der Waals surface area contributed by atoms with Gasteiger partial charge in [-0.2, -0.15) is 0 Å². The summed E-state index contributed by atoms with van der Waals surface area (Å²) in [5.41, 5.74) is 3.22. The molecule has 1 aliphatic rings. The van der Waals surface area contributed by atoms with E-state index in [4.69, 9.17) is 4.74 Å². The molecule has 4 rings (SSSR count). The summed E-state index contributed by atoms with van der Waals surface area (Å²) in [7, 11) is 0. The van der Waals surface area contributed by atoms with Crippen molar-refractivity contribution >= 4 is 16.8 Å². The fourth-order valence-corrected chi connectivity index (χ4v) is 3.86. The van der Waals surface area contributed by atoms with Crippen molar-refractivity contribution in [1.82, 2.24) is 14.9 Å². The lowest BCUT2D eigenvalue weighted by molar-refractivity contribution is -0.134. The van der Waals surface area contributed by atoms with Crippen molar-refractivity contribution in [2.24, 2.45) is 0 Å². The van der Waals surface area contributed by atoms with Gasteiger partial charge < -0.3 is 14.6 Å². The van der Waals surface area contributed by atoms with Crippen molar-refractivity contribution < 1.29 is 13.9 Å². The number of halogens is 1. The number of carbonyl (C=O) groups excluding carboxylic acids is 1. The molecule has 0 unspecified atom stereocenters. The van der Waals surface area contributed by atoms with Crippen LogP contribution in [0.4, 0.5) is 4.39 Å². The molecule has 1 saturated heterocycles. The van der Waals surface area contributed by atoms with Crippen LogP contribution in [0.3, 0.4) is 0 Å². The molecule has 28 heavy (non-hydrogen) atoms. The molecule has 1 amide bonds. The molecule has 0 spiro atoms. The number of nitrogens with one attached hydrogen (secondary N) is 1. The third-order valence-electron chi connectivity index (χ3n) is 5.37. The molecule has 1 N–H and O–H groups in total. The Hall–Kier alpha value is -2.73. The van der Waals surface area contributed by atoms with Crippen molar-refractivity contribution in [3.8, 4) is 0 Å². The molecule has 1 fully saturated rings. The predicted molar refractivity (Wildman–Crippen MR) is 105 cm³/mol. The third-order valence-corrected chi connectivity index (χ3v) is 5.37. The van der Waals surface area contributed by atoms with E-state index in [0.717, 1.165) is 41.6 Å². The maximum absolute atomic E-state index is 14.0. The number of fused-ring (bicyclic) bond motifs is 1. The average Bonchev–Trinajstić information content (AvgIpc) is 3.04. The number of piperidine rings is 1. The minimum absolute atomic E-state index is 0.0272.